The van der Waals surface area contributed by atoms with E-state index >= 15 is 0 Å². The topological polar surface area (TPSA) is 38.3 Å². The molecule has 1 N–H and O–H groups in total. The lowest BCUT2D eigenvalue weighted by molar-refractivity contribution is -0.143. The van der Waals surface area contributed by atoms with Crippen molar-refractivity contribution in [3.63, 3.8) is 0 Å². The lowest BCUT2D eigenvalue weighted by Gasteiger charge is -2.30. The summed E-state index contributed by atoms with van der Waals surface area (Å²) in [6, 6.07) is 14.7. The number of fused-ring (bicyclic) bond motifs is 1. The van der Waals surface area contributed by atoms with Gasteiger partial charge in [-0.05, 0) is 35.7 Å². The fraction of sp³-hybridized carbons (Fsp3) is 0.389. The van der Waals surface area contributed by atoms with Gasteiger partial charge >= 0.3 is 5.97 Å². The number of halogens is 1. The predicted octanol–water partition coefficient (Wildman–Crippen LogP) is 3.66. The average Bonchev–Trinajstić information content (AvgIpc) is 2.56. The van der Waals surface area contributed by atoms with Crippen LogP contribution in [-0.2, 0) is 9.53 Å². The standard InChI is InChI=1S/C18H21NO2.ClH/c1-21-18(20)17(16-8-4-5-11-19-16)15-10-9-13-6-2-3-7-14(13)12-15;/h2-3,6-7,9-10,12,16-17,19H,4-5,8,11H2,1H3;1H/t16-,17+;/m0./s1. The Balaban J connectivity index is 0.00000176. The molecule has 0 aliphatic carbocycles. The number of esters is 1. The Hall–Kier alpha value is -1.58. The highest BCUT2D eigenvalue weighted by Gasteiger charge is 2.31. The fourth-order valence-electron chi connectivity index (χ4n) is 3.22. The Morgan fingerprint density at radius 1 is 1.18 bits per heavy atom. The molecule has 1 aliphatic heterocycles. The normalized spacial score (nSPS) is 19.2. The zero-order valence-corrected chi connectivity index (χ0v) is 13.6. The van der Waals surface area contributed by atoms with Gasteiger partial charge in [0.1, 0.15) is 0 Å². The number of rotatable bonds is 3. The van der Waals surface area contributed by atoms with Crippen molar-refractivity contribution in [3.8, 4) is 0 Å². The van der Waals surface area contributed by atoms with Gasteiger partial charge in [0.05, 0.1) is 13.0 Å². The van der Waals surface area contributed by atoms with Crippen molar-refractivity contribution in [3.05, 3.63) is 48.0 Å². The zero-order valence-electron chi connectivity index (χ0n) is 12.7. The van der Waals surface area contributed by atoms with Crippen LogP contribution in [0, 0.1) is 0 Å². The molecule has 0 amide bonds. The molecule has 2 aromatic rings. The van der Waals surface area contributed by atoms with Crippen LogP contribution in [0.2, 0.25) is 0 Å². The molecule has 2 aromatic carbocycles. The van der Waals surface area contributed by atoms with Crippen LogP contribution in [0.25, 0.3) is 10.8 Å². The molecule has 1 fully saturated rings. The van der Waals surface area contributed by atoms with Crippen LogP contribution < -0.4 is 5.32 Å². The van der Waals surface area contributed by atoms with Crippen LogP contribution >= 0.6 is 12.4 Å². The molecule has 0 aromatic heterocycles. The largest absolute Gasteiger partial charge is 0.469 e. The van der Waals surface area contributed by atoms with E-state index < -0.39 is 0 Å². The highest BCUT2D eigenvalue weighted by Crippen LogP contribution is 2.29. The maximum atomic E-state index is 12.3. The fourth-order valence-corrected chi connectivity index (χ4v) is 3.22. The highest BCUT2D eigenvalue weighted by molar-refractivity contribution is 5.86. The van der Waals surface area contributed by atoms with Gasteiger partial charge in [0, 0.05) is 6.04 Å². The number of hydrogen-bond donors (Lipinski definition) is 1. The molecule has 118 valence electrons. The molecule has 22 heavy (non-hydrogen) atoms. The van der Waals surface area contributed by atoms with Crippen LogP contribution in [-0.4, -0.2) is 25.7 Å². The van der Waals surface area contributed by atoms with Crippen LogP contribution in [0.4, 0.5) is 0 Å². The number of carbonyl (C=O) groups is 1. The van der Waals surface area contributed by atoms with E-state index in [4.69, 9.17) is 4.74 Å². The van der Waals surface area contributed by atoms with Gasteiger partial charge in [0.25, 0.3) is 0 Å². The number of nitrogens with one attached hydrogen (secondary N) is 1. The van der Waals surface area contributed by atoms with E-state index in [1.165, 1.54) is 30.7 Å². The van der Waals surface area contributed by atoms with E-state index in [1.807, 2.05) is 12.1 Å². The first kappa shape index (κ1) is 16.8. The second-order valence-electron chi connectivity index (χ2n) is 5.66. The molecule has 0 unspecified atom stereocenters. The summed E-state index contributed by atoms with van der Waals surface area (Å²) in [5.41, 5.74) is 1.04. The van der Waals surface area contributed by atoms with Crippen molar-refractivity contribution in [2.45, 2.75) is 31.2 Å². The van der Waals surface area contributed by atoms with Gasteiger partial charge in [-0.3, -0.25) is 4.79 Å². The number of methoxy groups -OCH3 is 1. The lowest BCUT2D eigenvalue weighted by atomic mass is 9.85. The van der Waals surface area contributed by atoms with Crippen molar-refractivity contribution in [1.82, 2.24) is 5.32 Å². The van der Waals surface area contributed by atoms with Crippen molar-refractivity contribution in [2.75, 3.05) is 13.7 Å². The van der Waals surface area contributed by atoms with E-state index in [2.05, 4.69) is 35.6 Å². The summed E-state index contributed by atoms with van der Waals surface area (Å²) in [4.78, 5) is 12.3. The van der Waals surface area contributed by atoms with E-state index in [0.29, 0.717) is 0 Å². The molecule has 3 nitrogen and oxygen atoms in total. The van der Waals surface area contributed by atoms with E-state index in [0.717, 1.165) is 18.5 Å². The van der Waals surface area contributed by atoms with Crippen molar-refractivity contribution in [2.24, 2.45) is 0 Å². The molecule has 0 bridgehead atoms. The molecule has 1 aliphatic rings. The molecular formula is C18H22ClNO2. The monoisotopic (exact) mass is 319 g/mol. The number of piperidine rings is 1. The maximum Gasteiger partial charge on any atom is 0.314 e. The number of hydrogen-bond acceptors (Lipinski definition) is 3. The SMILES string of the molecule is COC(=O)[C@H](c1ccc2ccccc2c1)[C@@H]1CCCCN1.Cl. The molecule has 1 heterocycles. The van der Waals surface area contributed by atoms with Crippen LogP contribution in [0.3, 0.4) is 0 Å². The Labute approximate surface area is 137 Å². The van der Waals surface area contributed by atoms with Gasteiger partial charge in [-0.1, -0.05) is 48.9 Å². The molecule has 0 spiro atoms. The molecule has 0 saturated carbocycles. The minimum Gasteiger partial charge on any atom is -0.469 e. The smallest absolute Gasteiger partial charge is 0.314 e. The quantitative estimate of drug-likeness (QED) is 0.877. The second-order valence-corrected chi connectivity index (χ2v) is 5.66. The maximum absolute atomic E-state index is 12.3. The van der Waals surface area contributed by atoms with E-state index in [1.54, 1.807) is 0 Å². The van der Waals surface area contributed by atoms with E-state index in [-0.39, 0.29) is 30.3 Å². The Kier molecular flexibility index (Phi) is 5.81. The Bertz CT molecular complexity index is 638. The number of benzene rings is 2. The Morgan fingerprint density at radius 3 is 2.64 bits per heavy atom. The summed E-state index contributed by atoms with van der Waals surface area (Å²) >= 11 is 0. The van der Waals surface area contributed by atoms with Gasteiger partial charge in [-0.2, -0.15) is 0 Å². The summed E-state index contributed by atoms with van der Waals surface area (Å²) in [7, 11) is 1.47. The summed E-state index contributed by atoms with van der Waals surface area (Å²) in [6.45, 7) is 0.978. The van der Waals surface area contributed by atoms with Gasteiger partial charge in [-0.15, -0.1) is 12.4 Å². The number of carbonyl (C=O) groups excluding carboxylic acids is 1. The third-order valence-electron chi connectivity index (χ3n) is 4.34. The second kappa shape index (κ2) is 7.61. The average molecular weight is 320 g/mol. The Morgan fingerprint density at radius 2 is 1.95 bits per heavy atom. The highest BCUT2D eigenvalue weighted by atomic mass is 35.5. The van der Waals surface area contributed by atoms with Crippen LogP contribution in [0.15, 0.2) is 42.5 Å². The summed E-state index contributed by atoms with van der Waals surface area (Å²) in [5, 5.41) is 5.84. The van der Waals surface area contributed by atoms with Gasteiger partial charge in [0.2, 0.25) is 0 Å². The van der Waals surface area contributed by atoms with Crippen molar-refractivity contribution < 1.29 is 9.53 Å². The van der Waals surface area contributed by atoms with Crippen molar-refractivity contribution >= 4 is 29.1 Å². The molecule has 1 saturated heterocycles. The minimum atomic E-state index is -0.222. The zero-order chi connectivity index (χ0) is 14.7. The summed E-state index contributed by atoms with van der Waals surface area (Å²) < 4.78 is 5.05. The molecular weight excluding hydrogens is 298 g/mol. The van der Waals surface area contributed by atoms with Crippen molar-refractivity contribution in [1.29, 1.82) is 0 Å². The molecule has 2 atom stereocenters. The third kappa shape index (κ3) is 3.42. The molecule has 3 rings (SSSR count). The molecule has 4 heteroatoms. The summed E-state index contributed by atoms with van der Waals surface area (Å²) in [5.74, 6) is -0.371. The third-order valence-corrected chi connectivity index (χ3v) is 4.34. The van der Waals surface area contributed by atoms with Crippen LogP contribution in [0.5, 0.6) is 0 Å². The first-order valence-electron chi connectivity index (χ1n) is 7.59. The lowest BCUT2D eigenvalue weighted by Crippen LogP contribution is -2.42. The number of ether oxygens (including phenoxy) is 1. The molecule has 0 radical (unpaired) electrons. The summed E-state index contributed by atoms with van der Waals surface area (Å²) in [6.07, 6.45) is 3.37. The van der Waals surface area contributed by atoms with Gasteiger partial charge in [0.15, 0.2) is 0 Å². The first-order chi connectivity index (χ1) is 10.3. The van der Waals surface area contributed by atoms with Crippen LogP contribution in [0.1, 0.15) is 30.7 Å². The van der Waals surface area contributed by atoms with Gasteiger partial charge in [-0.25, -0.2) is 0 Å². The van der Waals surface area contributed by atoms with E-state index in [9.17, 15) is 4.79 Å². The predicted molar refractivity (Wildman–Crippen MR) is 91.6 cm³/mol. The van der Waals surface area contributed by atoms with Gasteiger partial charge < -0.3 is 10.1 Å². The minimum absolute atomic E-state index is 0. The first-order valence-corrected chi connectivity index (χ1v) is 7.59.